The topological polar surface area (TPSA) is 94.1 Å². The van der Waals surface area contributed by atoms with Crippen LogP contribution in [0, 0.1) is 0 Å². The number of amides is 1. The zero-order valence-electron chi connectivity index (χ0n) is 14.3. The minimum atomic E-state index is -0.619. The first-order valence-corrected chi connectivity index (χ1v) is 8.36. The summed E-state index contributed by atoms with van der Waals surface area (Å²) in [5.41, 5.74) is 2.14. The molecule has 1 N–H and O–H groups in total. The average Bonchev–Trinajstić information content (AvgIpc) is 2.69. The summed E-state index contributed by atoms with van der Waals surface area (Å²) in [4.78, 5) is 27.8. The second kappa shape index (κ2) is 8.37. The van der Waals surface area contributed by atoms with E-state index in [-0.39, 0.29) is 11.4 Å². The van der Waals surface area contributed by atoms with Crippen molar-refractivity contribution in [1.82, 2.24) is 15.2 Å². The lowest BCUT2D eigenvalue weighted by atomic mass is 10.1. The van der Waals surface area contributed by atoms with Crippen molar-refractivity contribution in [2.24, 2.45) is 0 Å². The van der Waals surface area contributed by atoms with Gasteiger partial charge in [0.05, 0.1) is 7.11 Å². The van der Waals surface area contributed by atoms with Gasteiger partial charge in [0.2, 0.25) is 0 Å². The average molecular weight is 383 g/mol. The molecular formula is C19H15ClN4O3. The maximum absolute atomic E-state index is 12.2. The number of hydrogen-bond acceptors (Lipinski definition) is 6. The monoisotopic (exact) mass is 382 g/mol. The standard InChI is InChI=1S/C19H15ClN4O3/c1-27-19(26)16-7-6-15(23-24-16)18(25)22-17-8-5-13(11-21-17)9-12-3-2-4-14(20)10-12/h2-8,10-11H,9H2,1H3,(H,21,22,25). The number of ether oxygens (including phenoxy) is 1. The van der Waals surface area contributed by atoms with Gasteiger partial charge in [-0.1, -0.05) is 29.8 Å². The van der Waals surface area contributed by atoms with Crippen molar-refractivity contribution in [3.05, 3.63) is 82.3 Å². The third-order valence-corrected chi connectivity index (χ3v) is 3.89. The molecule has 0 saturated carbocycles. The Morgan fingerprint density at radius 2 is 1.81 bits per heavy atom. The number of pyridine rings is 1. The molecule has 3 aromatic rings. The molecule has 0 spiro atoms. The highest BCUT2D eigenvalue weighted by Gasteiger charge is 2.12. The van der Waals surface area contributed by atoms with E-state index in [4.69, 9.17) is 11.6 Å². The predicted octanol–water partition coefficient (Wildman–Crippen LogP) is 3.15. The lowest BCUT2D eigenvalue weighted by molar-refractivity contribution is 0.0592. The van der Waals surface area contributed by atoms with Crippen molar-refractivity contribution < 1.29 is 14.3 Å². The Bertz CT molecular complexity index is 959. The predicted molar refractivity (Wildman–Crippen MR) is 99.8 cm³/mol. The van der Waals surface area contributed by atoms with Gasteiger partial charge in [-0.15, -0.1) is 10.2 Å². The first-order valence-electron chi connectivity index (χ1n) is 7.98. The van der Waals surface area contributed by atoms with Gasteiger partial charge in [-0.3, -0.25) is 4.79 Å². The van der Waals surface area contributed by atoms with Crippen LogP contribution in [0.4, 0.5) is 5.82 Å². The molecule has 2 aromatic heterocycles. The number of nitrogens with one attached hydrogen (secondary N) is 1. The Labute approximate surface area is 160 Å². The third kappa shape index (κ3) is 4.86. The Kier molecular flexibility index (Phi) is 5.73. The smallest absolute Gasteiger partial charge is 0.358 e. The van der Waals surface area contributed by atoms with E-state index in [1.807, 2.05) is 30.3 Å². The second-order valence-electron chi connectivity index (χ2n) is 5.61. The van der Waals surface area contributed by atoms with Gasteiger partial charge >= 0.3 is 5.97 Å². The number of halogens is 1. The highest BCUT2D eigenvalue weighted by atomic mass is 35.5. The van der Waals surface area contributed by atoms with Crippen molar-refractivity contribution in [2.45, 2.75) is 6.42 Å². The maximum Gasteiger partial charge on any atom is 0.358 e. The largest absolute Gasteiger partial charge is 0.464 e. The zero-order valence-corrected chi connectivity index (χ0v) is 15.1. The number of rotatable bonds is 5. The summed E-state index contributed by atoms with van der Waals surface area (Å²) in [6.45, 7) is 0. The van der Waals surface area contributed by atoms with Crippen molar-refractivity contribution >= 4 is 29.3 Å². The quantitative estimate of drug-likeness (QED) is 0.681. The molecule has 0 aliphatic rings. The molecule has 3 rings (SSSR count). The van der Waals surface area contributed by atoms with Crippen molar-refractivity contribution in [1.29, 1.82) is 0 Å². The number of esters is 1. The van der Waals surface area contributed by atoms with E-state index in [1.54, 1.807) is 12.3 Å². The van der Waals surface area contributed by atoms with Gasteiger partial charge in [0.25, 0.3) is 5.91 Å². The van der Waals surface area contributed by atoms with Gasteiger partial charge in [0.15, 0.2) is 11.4 Å². The highest BCUT2D eigenvalue weighted by Crippen LogP contribution is 2.15. The summed E-state index contributed by atoms with van der Waals surface area (Å²) in [5, 5.41) is 10.7. The molecule has 27 heavy (non-hydrogen) atoms. The van der Waals surface area contributed by atoms with Gasteiger partial charge in [0, 0.05) is 11.2 Å². The normalized spacial score (nSPS) is 10.3. The first kappa shape index (κ1) is 18.5. The number of anilines is 1. The second-order valence-corrected chi connectivity index (χ2v) is 6.04. The van der Waals surface area contributed by atoms with Crippen LogP contribution in [0.3, 0.4) is 0 Å². The van der Waals surface area contributed by atoms with E-state index in [2.05, 4.69) is 25.2 Å². The molecule has 1 aromatic carbocycles. The van der Waals surface area contributed by atoms with Crippen molar-refractivity contribution in [2.75, 3.05) is 12.4 Å². The number of methoxy groups -OCH3 is 1. The van der Waals surface area contributed by atoms with Crippen molar-refractivity contribution in [3.8, 4) is 0 Å². The summed E-state index contributed by atoms with van der Waals surface area (Å²) in [7, 11) is 1.24. The summed E-state index contributed by atoms with van der Waals surface area (Å²) in [5.74, 6) is -0.714. The van der Waals surface area contributed by atoms with Gasteiger partial charge in [-0.05, 0) is 47.9 Å². The van der Waals surface area contributed by atoms with Crippen LogP contribution in [0.5, 0.6) is 0 Å². The van der Waals surface area contributed by atoms with Gasteiger partial charge in [-0.2, -0.15) is 0 Å². The molecular weight excluding hydrogens is 368 g/mol. The number of aromatic nitrogens is 3. The summed E-state index contributed by atoms with van der Waals surface area (Å²) >= 11 is 5.99. The number of hydrogen-bond donors (Lipinski definition) is 1. The third-order valence-electron chi connectivity index (χ3n) is 3.66. The van der Waals surface area contributed by atoms with Crippen LogP contribution >= 0.6 is 11.6 Å². The summed E-state index contributed by atoms with van der Waals surface area (Å²) in [6.07, 6.45) is 2.37. The molecule has 7 nitrogen and oxygen atoms in total. The number of carbonyl (C=O) groups is 2. The Morgan fingerprint density at radius 1 is 1.04 bits per heavy atom. The summed E-state index contributed by atoms with van der Waals surface area (Å²) < 4.78 is 4.53. The van der Waals surface area contributed by atoms with Crippen molar-refractivity contribution in [3.63, 3.8) is 0 Å². The van der Waals surface area contributed by atoms with E-state index in [9.17, 15) is 9.59 Å². The molecule has 0 saturated heterocycles. The number of carbonyl (C=O) groups excluding carboxylic acids is 2. The summed E-state index contributed by atoms with van der Waals surface area (Å²) in [6, 6.07) is 13.9. The fraction of sp³-hybridized carbons (Fsp3) is 0.105. The van der Waals surface area contributed by atoms with E-state index < -0.39 is 11.9 Å². The van der Waals surface area contributed by atoms with Crippen LogP contribution in [0.15, 0.2) is 54.7 Å². The van der Waals surface area contributed by atoms with E-state index in [1.165, 1.54) is 19.2 Å². The molecule has 136 valence electrons. The molecule has 0 aliphatic carbocycles. The zero-order chi connectivity index (χ0) is 19.2. The van der Waals surface area contributed by atoms with Crippen LogP contribution in [0.25, 0.3) is 0 Å². The van der Waals surface area contributed by atoms with Crippen LogP contribution in [0.2, 0.25) is 5.02 Å². The molecule has 0 bridgehead atoms. The van der Waals surface area contributed by atoms with Gasteiger partial charge < -0.3 is 10.1 Å². The highest BCUT2D eigenvalue weighted by molar-refractivity contribution is 6.30. The lowest BCUT2D eigenvalue weighted by Gasteiger charge is -2.06. The molecule has 8 heteroatoms. The van der Waals surface area contributed by atoms with Crippen LogP contribution in [-0.4, -0.2) is 34.2 Å². The Balaban J connectivity index is 1.63. The molecule has 0 aliphatic heterocycles. The minimum absolute atomic E-state index is 0.0255. The van der Waals surface area contributed by atoms with E-state index in [0.717, 1.165) is 11.1 Å². The Hall–Kier alpha value is -3.32. The minimum Gasteiger partial charge on any atom is -0.464 e. The van der Waals surface area contributed by atoms with Crippen LogP contribution in [0.1, 0.15) is 32.1 Å². The van der Waals surface area contributed by atoms with Crippen LogP contribution in [-0.2, 0) is 11.2 Å². The molecule has 0 fully saturated rings. The molecule has 1 amide bonds. The fourth-order valence-corrected chi connectivity index (χ4v) is 2.55. The molecule has 2 heterocycles. The molecule has 0 unspecified atom stereocenters. The van der Waals surface area contributed by atoms with Crippen LogP contribution < -0.4 is 5.32 Å². The maximum atomic E-state index is 12.2. The van der Waals surface area contributed by atoms with E-state index in [0.29, 0.717) is 17.3 Å². The SMILES string of the molecule is COC(=O)c1ccc(C(=O)Nc2ccc(Cc3cccc(Cl)c3)cn2)nn1. The van der Waals surface area contributed by atoms with Gasteiger partial charge in [0.1, 0.15) is 5.82 Å². The molecule has 0 radical (unpaired) electrons. The number of nitrogens with zero attached hydrogens (tertiary/aromatic N) is 3. The Morgan fingerprint density at radius 3 is 2.44 bits per heavy atom. The fourth-order valence-electron chi connectivity index (χ4n) is 2.33. The number of benzene rings is 1. The van der Waals surface area contributed by atoms with Gasteiger partial charge in [-0.25, -0.2) is 9.78 Å². The molecule has 0 atom stereocenters. The lowest BCUT2D eigenvalue weighted by Crippen LogP contribution is -2.16. The van der Waals surface area contributed by atoms with E-state index >= 15 is 0 Å². The first-order chi connectivity index (χ1) is 13.0.